The Morgan fingerprint density at radius 3 is 1.83 bits per heavy atom. The summed E-state index contributed by atoms with van der Waals surface area (Å²) in [5, 5.41) is 0. The molecular formula is C21H28O3. The van der Waals surface area contributed by atoms with Gasteiger partial charge in [0.15, 0.2) is 0 Å². The predicted molar refractivity (Wildman–Crippen MR) is 96.8 cm³/mol. The lowest BCUT2D eigenvalue weighted by atomic mass is 10.1. The number of benzene rings is 2. The van der Waals surface area contributed by atoms with E-state index < -0.39 is 0 Å². The molecule has 0 fully saturated rings. The van der Waals surface area contributed by atoms with Gasteiger partial charge in [0.25, 0.3) is 0 Å². The van der Waals surface area contributed by atoms with Gasteiger partial charge in [-0.3, -0.25) is 0 Å². The van der Waals surface area contributed by atoms with Crippen molar-refractivity contribution in [1.29, 1.82) is 0 Å². The fraction of sp³-hybridized carbons (Fsp3) is 0.429. The summed E-state index contributed by atoms with van der Waals surface area (Å²) in [4.78, 5) is 0. The fourth-order valence-electron chi connectivity index (χ4n) is 2.52. The molecule has 1 unspecified atom stereocenters. The maximum absolute atomic E-state index is 6.06. The topological polar surface area (TPSA) is 27.7 Å². The molecule has 2 aromatic rings. The monoisotopic (exact) mass is 328 g/mol. The zero-order valence-corrected chi connectivity index (χ0v) is 14.9. The number of hydrogen-bond acceptors (Lipinski definition) is 3. The van der Waals surface area contributed by atoms with Gasteiger partial charge in [-0.15, -0.1) is 0 Å². The first kappa shape index (κ1) is 18.7. The van der Waals surface area contributed by atoms with E-state index in [0.29, 0.717) is 26.4 Å². The van der Waals surface area contributed by atoms with Crippen molar-refractivity contribution in [2.75, 3.05) is 13.2 Å². The second-order valence-corrected chi connectivity index (χ2v) is 6.67. The van der Waals surface area contributed by atoms with E-state index in [0.717, 1.165) is 0 Å². The van der Waals surface area contributed by atoms with Gasteiger partial charge >= 0.3 is 0 Å². The zero-order chi connectivity index (χ0) is 17.3. The molecule has 2 rings (SSSR count). The van der Waals surface area contributed by atoms with Gasteiger partial charge in [0.1, 0.15) is 0 Å². The molecule has 0 saturated heterocycles. The summed E-state index contributed by atoms with van der Waals surface area (Å²) in [6.07, 6.45) is 0.0176. The van der Waals surface area contributed by atoms with Gasteiger partial charge in [0, 0.05) is 0 Å². The van der Waals surface area contributed by atoms with Crippen molar-refractivity contribution in [3.8, 4) is 0 Å². The lowest BCUT2D eigenvalue weighted by Gasteiger charge is -2.29. The van der Waals surface area contributed by atoms with E-state index in [2.05, 4.69) is 24.3 Å². The van der Waals surface area contributed by atoms with E-state index in [4.69, 9.17) is 14.2 Å². The molecule has 3 heteroatoms. The Hall–Kier alpha value is -1.68. The van der Waals surface area contributed by atoms with Crippen LogP contribution in [0.4, 0.5) is 0 Å². The molecule has 24 heavy (non-hydrogen) atoms. The van der Waals surface area contributed by atoms with Crippen molar-refractivity contribution in [1.82, 2.24) is 0 Å². The highest BCUT2D eigenvalue weighted by Crippen LogP contribution is 2.15. The first-order valence-electron chi connectivity index (χ1n) is 8.46. The molecule has 3 nitrogen and oxygen atoms in total. The van der Waals surface area contributed by atoms with Crippen LogP contribution >= 0.6 is 0 Å². The molecule has 0 saturated carbocycles. The predicted octanol–water partition coefficient (Wildman–Crippen LogP) is 4.60. The Labute approximate surface area is 145 Å². The molecule has 0 amide bonds. The summed E-state index contributed by atoms with van der Waals surface area (Å²) in [5.41, 5.74) is 2.01. The highest BCUT2D eigenvalue weighted by molar-refractivity contribution is 5.14. The Bertz CT molecular complexity index is 566. The van der Waals surface area contributed by atoms with Crippen LogP contribution in [-0.2, 0) is 27.4 Å². The van der Waals surface area contributed by atoms with Gasteiger partial charge in [0.05, 0.1) is 38.1 Å². The summed E-state index contributed by atoms with van der Waals surface area (Å²) in [5.74, 6) is 0. The van der Waals surface area contributed by atoms with Gasteiger partial charge in [-0.2, -0.15) is 0 Å². The Morgan fingerprint density at radius 1 is 0.792 bits per heavy atom. The van der Waals surface area contributed by atoms with E-state index in [-0.39, 0.29) is 11.7 Å². The lowest BCUT2D eigenvalue weighted by Crippen LogP contribution is -2.36. The van der Waals surface area contributed by atoms with Gasteiger partial charge in [-0.1, -0.05) is 60.7 Å². The molecule has 2 aromatic carbocycles. The quantitative estimate of drug-likeness (QED) is 0.638. The van der Waals surface area contributed by atoms with E-state index in [1.807, 2.05) is 57.2 Å². The minimum atomic E-state index is -0.343. The molecule has 1 atom stereocenters. The molecule has 0 heterocycles. The third-order valence-electron chi connectivity index (χ3n) is 3.55. The van der Waals surface area contributed by atoms with Crippen LogP contribution in [0.5, 0.6) is 0 Å². The van der Waals surface area contributed by atoms with Gasteiger partial charge < -0.3 is 14.2 Å². The highest BCUT2D eigenvalue weighted by Gasteiger charge is 2.22. The average molecular weight is 328 g/mol. The summed E-state index contributed by atoms with van der Waals surface area (Å²) < 4.78 is 17.6. The summed E-state index contributed by atoms with van der Waals surface area (Å²) >= 11 is 0. The fourth-order valence-corrected chi connectivity index (χ4v) is 2.52. The van der Waals surface area contributed by atoms with Crippen LogP contribution in [0, 0.1) is 0 Å². The van der Waals surface area contributed by atoms with Crippen LogP contribution in [0.15, 0.2) is 60.7 Å². The first-order valence-corrected chi connectivity index (χ1v) is 8.46. The van der Waals surface area contributed by atoms with Crippen LogP contribution in [-0.4, -0.2) is 24.9 Å². The first-order chi connectivity index (χ1) is 11.6. The molecule has 0 spiro atoms. The average Bonchev–Trinajstić information content (AvgIpc) is 2.56. The second-order valence-electron chi connectivity index (χ2n) is 6.67. The third-order valence-corrected chi connectivity index (χ3v) is 3.55. The summed E-state index contributed by atoms with van der Waals surface area (Å²) in [7, 11) is 0. The molecule has 0 N–H and O–H groups in total. The molecule has 130 valence electrons. The normalized spacial score (nSPS) is 13.0. The Kier molecular flexibility index (Phi) is 7.44. The van der Waals surface area contributed by atoms with E-state index >= 15 is 0 Å². The zero-order valence-electron chi connectivity index (χ0n) is 14.9. The van der Waals surface area contributed by atoms with Crippen LogP contribution in [0.2, 0.25) is 0 Å². The molecule has 0 aliphatic rings. The third kappa shape index (κ3) is 7.26. The molecular weight excluding hydrogens is 300 g/mol. The van der Waals surface area contributed by atoms with Crippen LogP contribution in [0.25, 0.3) is 0 Å². The van der Waals surface area contributed by atoms with Crippen molar-refractivity contribution in [2.45, 2.75) is 45.7 Å². The summed E-state index contributed by atoms with van der Waals surface area (Å²) in [6, 6.07) is 20.3. The van der Waals surface area contributed by atoms with Gasteiger partial charge in [-0.25, -0.2) is 0 Å². The summed E-state index contributed by atoms with van der Waals surface area (Å²) in [6.45, 7) is 8.45. The SMILES string of the molecule is CC(COCc1ccccc1)OC(C)(C)COCc1ccccc1. The lowest BCUT2D eigenvalue weighted by molar-refractivity contribution is -0.129. The molecule has 0 aliphatic carbocycles. The molecule has 0 bridgehead atoms. The number of rotatable bonds is 10. The maximum atomic E-state index is 6.06. The standard InChI is InChI=1S/C21H28O3/c1-18(14-22-15-19-10-6-4-7-11-19)24-21(2,3)17-23-16-20-12-8-5-9-13-20/h4-13,18H,14-17H2,1-3H3. The number of hydrogen-bond donors (Lipinski definition) is 0. The molecule has 0 aliphatic heterocycles. The van der Waals surface area contributed by atoms with Crippen molar-refractivity contribution >= 4 is 0 Å². The molecule has 0 aromatic heterocycles. The van der Waals surface area contributed by atoms with Crippen molar-refractivity contribution in [3.05, 3.63) is 71.8 Å². The van der Waals surface area contributed by atoms with Crippen molar-refractivity contribution in [2.24, 2.45) is 0 Å². The van der Waals surface area contributed by atoms with Crippen molar-refractivity contribution in [3.63, 3.8) is 0 Å². The number of ether oxygens (including phenoxy) is 3. The largest absolute Gasteiger partial charge is 0.374 e. The van der Waals surface area contributed by atoms with E-state index in [1.165, 1.54) is 11.1 Å². The second kappa shape index (κ2) is 9.58. The highest BCUT2D eigenvalue weighted by atomic mass is 16.6. The molecule has 0 radical (unpaired) electrons. The smallest absolute Gasteiger partial charge is 0.0863 e. The van der Waals surface area contributed by atoms with E-state index in [1.54, 1.807) is 0 Å². The Morgan fingerprint density at radius 2 is 1.29 bits per heavy atom. The Balaban J connectivity index is 1.64. The van der Waals surface area contributed by atoms with Crippen LogP contribution < -0.4 is 0 Å². The van der Waals surface area contributed by atoms with Gasteiger partial charge in [0.2, 0.25) is 0 Å². The minimum Gasteiger partial charge on any atom is -0.374 e. The maximum Gasteiger partial charge on any atom is 0.0863 e. The van der Waals surface area contributed by atoms with Crippen molar-refractivity contribution < 1.29 is 14.2 Å². The van der Waals surface area contributed by atoms with Gasteiger partial charge in [-0.05, 0) is 31.9 Å². The van der Waals surface area contributed by atoms with Crippen LogP contribution in [0.3, 0.4) is 0 Å². The minimum absolute atomic E-state index is 0.0176. The van der Waals surface area contributed by atoms with Crippen LogP contribution in [0.1, 0.15) is 31.9 Å². The van der Waals surface area contributed by atoms with E-state index in [9.17, 15) is 0 Å².